The van der Waals surface area contributed by atoms with Gasteiger partial charge in [0.2, 0.25) is 10.0 Å². The van der Waals surface area contributed by atoms with Gasteiger partial charge in [0, 0.05) is 17.5 Å². The maximum absolute atomic E-state index is 12.9. The molecule has 2 aromatic carbocycles. The third-order valence-corrected chi connectivity index (χ3v) is 7.18. The van der Waals surface area contributed by atoms with Crippen LogP contribution in [0.25, 0.3) is 0 Å². The lowest BCUT2D eigenvalue weighted by molar-refractivity contribution is -0.137. The molecule has 0 aliphatic heterocycles. The molecule has 0 bridgehead atoms. The third-order valence-electron chi connectivity index (χ3n) is 5.47. The molecule has 5 nitrogen and oxygen atoms in total. The van der Waals surface area contributed by atoms with E-state index in [9.17, 15) is 13.2 Å². The van der Waals surface area contributed by atoms with Gasteiger partial charge in [-0.25, -0.2) is 13.1 Å². The Balaban J connectivity index is 1.78. The summed E-state index contributed by atoms with van der Waals surface area (Å²) in [5.74, 6) is -0.533. The highest BCUT2D eigenvalue weighted by atomic mass is 35.5. The number of aryl methyl sites for hydroxylation is 1. The van der Waals surface area contributed by atoms with Crippen molar-refractivity contribution in [2.75, 3.05) is 0 Å². The number of halogens is 1. The number of nitrogens with one attached hydrogen (secondary N) is 1. The summed E-state index contributed by atoms with van der Waals surface area (Å²) in [5.41, 5.74) is 2.00. The minimum atomic E-state index is -3.67. The maximum atomic E-state index is 12.9. The molecule has 7 heteroatoms. The van der Waals surface area contributed by atoms with Gasteiger partial charge in [0.05, 0.1) is 4.90 Å². The fourth-order valence-corrected chi connectivity index (χ4v) is 5.33. The van der Waals surface area contributed by atoms with Crippen LogP contribution in [0.4, 0.5) is 0 Å². The summed E-state index contributed by atoms with van der Waals surface area (Å²) in [6.07, 6.45) is 5.63. The lowest BCUT2D eigenvalue weighted by atomic mass is 9.91. The van der Waals surface area contributed by atoms with Gasteiger partial charge < -0.3 is 5.11 Å². The molecule has 0 spiro atoms. The Hall–Kier alpha value is -1.89. The molecule has 0 heterocycles. The smallest absolute Gasteiger partial charge is 0.303 e. The Bertz CT molecular complexity index is 920. The van der Waals surface area contributed by atoms with E-state index < -0.39 is 16.0 Å². The summed E-state index contributed by atoms with van der Waals surface area (Å²) in [7, 11) is -3.67. The van der Waals surface area contributed by atoms with Gasteiger partial charge in [-0.2, -0.15) is 0 Å². The largest absolute Gasteiger partial charge is 0.481 e. The molecule has 0 radical (unpaired) electrons. The van der Waals surface area contributed by atoms with E-state index in [-0.39, 0.29) is 23.3 Å². The first kappa shape index (κ1) is 21.8. The molecule has 1 aliphatic rings. The van der Waals surface area contributed by atoms with Gasteiger partial charge in [-0.05, 0) is 67.0 Å². The zero-order valence-electron chi connectivity index (χ0n) is 16.2. The standard InChI is InChI=1S/C22H26ClNO4S/c23-19-12-14-20(15-13-19)29(27,28)24-22(17-5-1-2-6-17)18-10-8-16(9-11-18)4-3-7-21(25)26/h8-15,17,22,24H,1-7H2,(H,25,26). The van der Waals surface area contributed by atoms with Crippen LogP contribution in [0, 0.1) is 5.92 Å². The zero-order chi connectivity index (χ0) is 20.9. The van der Waals surface area contributed by atoms with Crippen LogP contribution in [-0.4, -0.2) is 19.5 Å². The molecule has 1 aliphatic carbocycles. The van der Waals surface area contributed by atoms with Crippen LogP contribution in [0.15, 0.2) is 53.4 Å². The average Bonchev–Trinajstić information content (AvgIpc) is 3.21. The molecule has 1 fully saturated rings. The van der Waals surface area contributed by atoms with Crippen molar-refractivity contribution in [3.63, 3.8) is 0 Å². The SMILES string of the molecule is O=C(O)CCCc1ccc(C(NS(=O)(=O)c2ccc(Cl)cc2)C2CCCC2)cc1. The van der Waals surface area contributed by atoms with E-state index in [4.69, 9.17) is 16.7 Å². The van der Waals surface area contributed by atoms with Crippen molar-refractivity contribution in [2.45, 2.75) is 55.9 Å². The van der Waals surface area contributed by atoms with Crippen LogP contribution in [0.5, 0.6) is 0 Å². The predicted octanol–water partition coefficient (Wildman–Crippen LogP) is 4.96. The van der Waals surface area contributed by atoms with Crippen molar-refractivity contribution >= 4 is 27.6 Å². The van der Waals surface area contributed by atoms with Gasteiger partial charge in [0.25, 0.3) is 0 Å². The molecule has 29 heavy (non-hydrogen) atoms. The van der Waals surface area contributed by atoms with Crippen LogP contribution in [0.1, 0.15) is 55.7 Å². The van der Waals surface area contributed by atoms with Crippen LogP contribution < -0.4 is 4.72 Å². The van der Waals surface area contributed by atoms with Crippen molar-refractivity contribution < 1.29 is 18.3 Å². The van der Waals surface area contributed by atoms with Crippen molar-refractivity contribution in [1.82, 2.24) is 4.72 Å². The highest BCUT2D eigenvalue weighted by molar-refractivity contribution is 7.89. The van der Waals surface area contributed by atoms with Crippen LogP contribution in [-0.2, 0) is 21.2 Å². The Morgan fingerprint density at radius 1 is 1.07 bits per heavy atom. The molecule has 1 atom stereocenters. The second-order valence-electron chi connectivity index (χ2n) is 7.59. The number of hydrogen-bond donors (Lipinski definition) is 2. The average molecular weight is 436 g/mol. The van der Waals surface area contributed by atoms with Gasteiger partial charge in [-0.3, -0.25) is 4.79 Å². The Morgan fingerprint density at radius 3 is 2.28 bits per heavy atom. The lowest BCUT2D eigenvalue weighted by Crippen LogP contribution is -2.32. The molecule has 0 aromatic heterocycles. The van der Waals surface area contributed by atoms with E-state index in [1.165, 1.54) is 12.1 Å². The first-order valence-corrected chi connectivity index (χ1v) is 11.8. The molecule has 1 saturated carbocycles. The molecular weight excluding hydrogens is 410 g/mol. The Labute approximate surface area is 177 Å². The topological polar surface area (TPSA) is 83.5 Å². The van der Waals surface area contributed by atoms with E-state index in [0.29, 0.717) is 17.9 Å². The Morgan fingerprint density at radius 2 is 1.69 bits per heavy atom. The van der Waals surface area contributed by atoms with E-state index in [1.807, 2.05) is 24.3 Å². The van der Waals surface area contributed by atoms with Crippen LogP contribution in [0.3, 0.4) is 0 Å². The van der Waals surface area contributed by atoms with E-state index >= 15 is 0 Å². The van der Waals surface area contributed by atoms with Crippen LogP contribution >= 0.6 is 11.6 Å². The number of carboxylic acids is 1. The van der Waals surface area contributed by atoms with Gasteiger partial charge in [0.1, 0.15) is 0 Å². The monoisotopic (exact) mass is 435 g/mol. The first-order chi connectivity index (χ1) is 13.8. The first-order valence-electron chi connectivity index (χ1n) is 9.94. The number of rotatable bonds is 9. The number of sulfonamides is 1. The number of carboxylic acid groups (broad SMARTS) is 1. The van der Waals surface area contributed by atoms with Gasteiger partial charge in [0.15, 0.2) is 0 Å². The zero-order valence-corrected chi connectivity index (χ0v) is 17.8. The molecule has 1 unspecified atom stereocenters. The number of hydrogen-bond acceptors (Lipinski definition) is 3. The molecule has 2 aromatic rings. The van der Waals surface area contributed by atoms with E-state index in [0.717, 1.165) is 36.8 Å². The van der Waals surface area contributed by atoms with Crippen molar-refractivity contribution in [2.24, 2.45) is 5.92 Å². The third kappa shape index (κ3) is 6.04. The van der Waals surface area contributed by atoms with Gasteiger partial charge >= 0.3 is 5.97 Å². The summed E-state index contributed by atoms with van der Waals surface area (Å²) >= 11 is 5.89. The van der Waals surface area contributed by atoms with E-state index in [1.54, 1.807) is 12.1 Å². The lowest BCUT2D eigenvalue weighted by Gasteiger charge is -2.25. The second kappa shape index (κ2) is 9.74. The van der Waals surface area contributed by atoms with Crippen molar-refractivity contribution in [1.29, 1.82) is 0 Å². The molecule has 2 N–H and O–H groups in total. The number of benzene rings is 2. The number of aliphatic carboxylic acids is 1. The number of carbonyl (C=O) groups is 1. The quantitative estimate of drug-likeness (QED) is 0.583. The predicted molar refractivity (Wildman–Crippen MR) is 113 cm³/mol. The normalized spacial score (nSPS) is 16.0. The fraction of sp³-hybridized carbons (Fsp3) is 0.409. The molecular formula is C22H26ClNO4S. The summed E-state index contributed by atoms with van der Waals surface area (Å²) < 4.78 is 28.8. The summed E-state index contributed by atoms with van der Waals surface area (Å²) in [6.45, 7) is 0. The fourth-order valence-electron chi connectivity index (χ4n) is 3.91. The highest BCUT2D eigenvalue weighted by Crippen LogP contribution is 2.37. The minimum Gasteiger partial charge on any atom is -0.481 e. The molecule has 3 rings (SSSR count). The molecule has 0 saturated heterocycles. The maximum Gasteiger partial charge on any atom is 0.303 e. The Kier molecular flexibility index (Phi) is 7.33. The van der Waals surface area contributed by atoms with Crippen molar-refractivity contribution in [3.8, 4) is 0 Å². The summed E-state index contributed by atoms with van der Waals surface area (Å²) in [6, 6.07) is 13.8. The highest BCUT2D eigenvalue weighted by Gasteiger charge is 2.30. The van der Waals surface area contributed by atoms with E-state index in [2.05, 4.69) is 4.72 Å². The van der Waals surface area contributed by atoms with Crippen molar-refractivity contribution in [3.05, 3.63) is 64.7 Å². The molecule has 0 amide bonds. The van der Waals surface area contributed by atoms with Crippen LogP contribution in [0.2, 0.25) is 5.02 Å². The summed E-state index contributed by atoms with van der Waals surface area (Å²) in [4.78, 5) is 10.9. The van der Waals surface area contributed by atoms with Gasteiger partial charge in [-0.1, -0.05) is 48.7 Å². The minimum absolute atomic E-state index is 0.146. The van der Waals surface area contributed by atoms with Gasteiger partial charge in [-0.15, -0.1) is 0 Å². The molecule has 156 valence electrons. The summed E-state index contributed by atoms with van der Waals surface area (Å²) in [5, 5.41) is 9.27. The second-order valence-corrected chi connectivity index (χ2v) is 9.74.